The minimum atomic E-state index is -0.0381. The molecular weight excluding hydrogens is 248 g/mol. The van der Waals surface area contributed by atoms with Crippen LogP contribution in [0.3, 0.4) is 0 Å². The Bertz CT molecular complexity index is 306. The van der Waals surface area contributed by atoms with Crippen LogP contribution in [0.5, 0.6) is 0 Å². The maximum atomic E-state index is 11.8. The van der Waals surface area contributed by atoms with E-state index in [9.17, 15) is 4.79 Å². The maximum absolute atomic E-state index is 11.8. The Balaban J connectivity index is 2.61. The molecule has 1 aromatic rings. The molecule has 0 spiro atoms. The summed E-state index contributed by atoms with van der Waals surface area (Å²) >= 11 is 3.18. The van der Waals surface area contributed by atoms with Crippen LogP contribution in [0.25, 0.3) is 0 Å². The summed E-state index contributed by atoms with van der Waals surface area (Å²) in [7, 11) is 1.63. The Labute approximate surface area is 91.6 Å². The highest BCUT2D eigenvalue weighted by molar-refractivity contribution is 9.10. The van der Waals surface area contributed by atoms with Crippen LogP contribution in [0, 0.1) is 5.92 Å². The zero-order chi connectivity index (χ0) is 10.6. The molecule has 4 heteroatoms. The van der Waals surface area contributed by atoms with Gasteiger partial charge in [0.05, 0.1) is 11.8 Å². The second kappa shape index (κ2) is 5.32. The first-order valence-corrected chi connectivity index (χ1v) is 5.22. The average molecular weight is 261 g/mol. The van der Waals surface area contributed by atoms with Crippen molar-refractivity contribution in [2.45, 2.75) is 13.3 Å². The fraction of sp³-hybridized carbons (Fsp3) is 0.500. The van der Waals surface area contributed by atoms with E-state index in [-0.39, 0.29) is 11.7 Å². The predicted octanol–water partition coefficient (Wildman–Crippen LogP) is 2.90. The lowest BCUT2D eigenvalue weighted by Crippen LogP contribution is -2.13. The van der Waals surface area contributed by atoms with Gasteiger partial charge in [0, 0.05) is 19.6 Å². The van der Waals surface area contributed by atoms with Crippen molar-refractivity contribution in [2.75, 3.05) is 13.7 Å². The molecule has 0 N–H and O–H groups in total. The molecule has 1 aromatic heterocycles. The van der Waals surface area contributed by atoms with Crippen LogP contribution < -0.4 is 0 Å². The zero-order valence-electron chi connectivity index (χ0n) is 8.25. The van der Waals surface area contributed by atoms with Crippen molar-refractivity contribution in [1.29, 1.82) is 0 Å². The average Bonchev–Trinajstić information content (AvgIpc) is 2.59. The van der Waals surface area contributed by atoms with Gasteiger partial charge in [-0.05, 0) is 28.4 Å². The van der Waals surface area contributed by atoms with Crippen LogP contribution in [0.15, 0.2) is 21.4 Å². The normalized spacial score (nSPS) is 12.8. The first-order chi connectivity index (χ1) is 6.66. The van der Waals surface area contributed by atoms with Crippen LogP contribution in [0.1, 0.15) is 23.7 Å². The summed E-state index contributed by atoms with van der Waals surface area (Å²) in [6, 6.07) is 1.68. The smallest absolute Gasteiger partial charge is 0.179 e. The Kier molecular flexibility index (Phi) is 4.35. The molecular formula is C10H13BrO3. The van der Waals surface area contributed by atoms with Crippen LogP contribution in [-0.4, -0.2) is 19.5 Å². The van der Waals surface area contributed by atoms with Crippen molar-refractivity contribution >= 4 is 21.7 Å². The second-order valence-electron chi connectivity index (χ2n) is 3.15. The molecule has 0 aromatic carbocycles. The number of ketones is 1. The molecule has 1 heterocycles. The van der Waals surface area contributed by atoms with E-state index in [1.807, 2.05) is 6.92 Å². The number of rotatable bonds is 5. The fourth-order valence-electron chi connectivity index (χ4n) is 1.16. The number of ether oxygens (including phenoxy) is 1. The predicted molar refractivity (Wildman–Crippen MR) is 56.4 cm³/mol. The number of hydrogen-bond donors (Lipinski definition) is 0. The molecule has 0 saturated heterocycles. The molecule has 0 amide bonds. The van der Waals surface area contributed by atoms with Gasteiger partial charge in [-0.1, -0.05) is 6.92 Å². The molecule has 78 valence electrons. The number of Topliss-reactive ketones (excluding diaryl/α,β-unsaturated/α-hetero) is 1. The van der Waals surface area contributed by atoms with E-state index in [1.165, 1.54) is 6.26 Å². The van der Waals surface area contributed by atoms with Gasteiger partial charge < -0.3 is 9.15 Å². The largest absolute Gasteiger partial charge is 0.457 e. The summed E-state index contributed by atoms with van der Waals surface area (Å²) in [5.41, 5.74) is 0.605. The van der Waals surface area contributed by atoms with Gasteiger partial charge in [-0.25, -0.2) is 0 Å². The molecule has 0 aliphatic carbocycles. The highest BCUT2D eigenvalue weighted by atomic mass is 79.9. The van der Waals surface area contributed by atoms with Gasteiger partial charge in [0.1, 0.15) is 0 Å². The second-order valence-corrected chi connectivity index (χ2v) is 3.87. The van der Waals surface area contributed by atoms with E-state index < -0.39 is 0 Å². The van der Waals surface area contributed by atoms with Gasteiger partial charge in [-0.15, -0.1) is 0 Å². The van der Waals surface area contributed by atoms with Crippen molar-refractivity contribution in [1.82, 2.24) is 0 Å². The van der Waals surface area contributed by atoms with Gasteiger partial charge in [-0.2, -0.15) is 0 Å². The van der Waals surface area contributed by atoms with E-state index >= 15 is 0 Å². The van der Waals surface area contributed by atoms with Gasteiger partial charge in [0.15, 0.2) is 10.5 Å². The Morgan fingerprint density at radius 3 is 2.93 bits per heavy atom. The summed E-state index contributed by atoms with van der Waals surface area (Å²) in [4.78, 5) is 11.8. The summed E-state index contributed by atoms with van der Waals surface area (Å²) in [6.07, 6.45) is 2.23. The fourth-order valence-corrected chi connectivity index (χ4v) is 1.60. The number of methoxy groups -OCH3 is 1. The van der Waals surface area contributed by atoms with Crippen molar-refractivity contribution < 1.29 is 13.9 Å². The van der Waals surface area contributed by atoms with Gasteiger partial charge >= 0.3 is 0 Å². The maximum Gasteiger partial charge on any atom is 0.179 e. The van der Waals surface area contributed by atoms with E-state index in [4.69, 9.17) is 9.15 Å². The molecule has 0 saturated carbocycles. The molecule has 1 atom stereocenters. The van der Waals surface area contributed by atoms with Crippen LogP contribution in [0.4, 0.5) is 0 Å². The minimum Gasteiger partial charge on any atom is -0.457 e. The van der Waals surface area contributed by atoms with Gasteiger partial charge in [0.25, 0.3) is 0 Å². The highest BCUT2D eigenvalue weighted by Crippen LogP contribution is 2.22. The summed E-state index contributed by atoms with van der Waals surface area (Å²) < 4.78 is 10.4. The third kappa shape index (κ3) is 2.69. The lowest BCUT2D eigenvalue weighted by atomic mass is 9.99. The molecule has 0 radical (unpaired) electrons. The standard InChI is InChI=1S/C10H13BrO3/c1-7(3-5-13-2)9(12)8-4-6-14-10(8)11/h4,6-7H,3,5H2,1-2H3. The summed E-state index contributed by atoms with van der Waals surface area (Å²) in [6.45, 7) is 2.49. The monoisotopic (exact) mass is 260 g/mol. The molecule has 0 aliphatic rings. The molecule has 0 aliphatic heterocycles. The van der Waals surface area contributed by atoms with Crippen LogP contribution in [0.2, 0.25) is 0 Å². The summed E-state index contributed by atoms with van der Waals surface area (Å²) in [5, 5.41) is 0. The lowest BCUT2D eigenvalue weighted by Gasteiger charge is -2.07. The van der Waals surface area contributed by atoms with Crippen LogP contribution in [-0.2, 0) is 4.74 Å². The topological polar surface area (TPSA) is 39.4 Å². The van der Waals surface area contributed by atoms with E-state index in [2.05, 4.69) is 15.9 Å². The first-order valence-electron chi connectivity index (χ1n) is 4.43. The minimum absolute atomic E-state index is 0.0381. The van der Waals surface area contributed by atoms with E-state index in [1.54, 1.807) is 13.2 Å². The number of carbonyl (C=O) groups is 1. The Morgan fingerprint density at radius 1 is 1.71 bits per heavy atom. The third-order valence-electron chi connectivity index (χ3n) is 2.09. The molecule has 14 heavy (non-hydrogen) atoms. The highest BCUT2D eigenvalue weighted by Gasteiger charge is 2.18. The van der Waals surface area contributed by atoms with E-state index in [0.29, 0.717) is 16.8 Å². The molecule has 3 nitrogen and oxygen atoms in total. The van der Waals surface area contributed by atoms with E-state index in [0.717, 1.165) is 6.42 Å². The molecule has 1 unspecified atom stereocenters. The number of hydrogen-bond acceptors (Lipinski definition) is 3. The Hall–Kier alpha value is -0.610. The first kappa shape index (κ1) is 11.5. The van der Waals surface area contributed by atoms with Gasteiger partial charge in [-0.3, -0.25) is 4.79 Å². The third-order valence-corrected chi connectivity index (χ3v) is 2.70. The number of furan rings is 1. The number of halogens is 1. The van der Waals surface area contributed by atoms with Crippen LogP contribution >= 0.6 is 15.9 Å². The molecule has 0 bridgehead atoms. The molecule has 1 rings (SSSR count). The molecule has 0 fully saturated rings. The van der Waals surface area contributed by atoms with Crippen molar-refractivity contribution in [2.24, 2.45) is 5.92 Å². The quantitative estimate of drug-likeness (QED) is 0.765. The summed E-state index contributed by atoms with van der Waals surface area (Å²) in [5.74, 6) is 0.0477. The SMILES string of the molecule is COCCC(C)C(=O)c1ccoc1Br. The Morgan fingerprint density at radius 2 is 2.43 bits per heavy atom. The van der Waals surface area contributed by atoms with Crippen molar-refractivity contribution in [3.8, 4) is 0 Å². The van der Waals surface area contributed by atoms with Crippen molar-refractivity contribution in [3.63, 3.8) is 0 Å². The van der Waals surface area contributed by atoms with Crippen molar-refractivity contribution in [3.05, 3.63) is 22.6 Å². The zero-order valence-corrected chi connectivity index (χ0v) is 9.83. The number of carbonyl (C=O) groups excluding carboxylic acids is 1. The lowest BCUT2D eigenvalue weighted by molar-refractivity contribution is 0.0892. The van der Waals surface area contributed by atoms with Gasteiger partial charge in [0.2, 0.25) is 0 Å².